The van der Waals surface area contributed by atoms with Crippen LogP contribution in [0.25, 0.3) is 11.4 Å². The third kappa shape index (κ3) is 3.48. The summed E-state index contributed by atoms with van der Waals surface area (Å²) in [7, 11) is 0. The molecule has 3 N–H and O–H groups in total. The van der Waals surface area contributed by atoms with Gasteiger partial charge in [-0.1, -0.05) is 11.6 Å². The van der Waals surface area contributed by atoms with E-state index in [0.29, 0.717) is 11.7 Å². The number of hydrogen-bond acceptors (Lipinski definition) is 6. The Kier molecular flexibility index (Phi) is 4.43. The molecular formula is C15H19N5O2. The first-order chi connectivity index (χ1) is 10.7. The molecule has 7 heteroatoms. The molecule has 0 saturated heterocycles. The molecule has 0 bridgehead atoms. The fraction of sp³-hybridized carbons (Fsp3) is 0.467. The van der Waals surface area contributed by atoms with Gasteiger partial charge in [0.25, 0.3) is 0 Å². The molecule has 1 saturated carbocycles. The van der Waals surface area contributed by atoms with Gasteiger partial charge in [0.1, 0.15) is 0 Å². The molecule has 1 fully saturated rings. The molecule has 0 radical (unpaired) electrons. The van der Waals surface area contributed by atoms with Crippen molar-refractivity contribution in [3.8, 4) is 11.4 Å². The molecule has 2 aromatic heterocycles. The Morgan fingerprint density at radius 2 is 2.18 bits per heavy atom. The van der Waals surface area contributed by atoms with Gasteiger partial charge in [-0.3, -0.25) is 9.78 Å². The Morgan fingerprint density at radius 1 is 1.36 bits per heavy atom. The fourth-order valence-electron chi connectivity index (χ4n) is 2.72. The van der Waals surface area contributed by atoms with Crippen LogP contribution >= 0.6 is 0 Å². The maximum atomic E-state index is 12.1. The average molecular weight is 301 g/mol. The van der Waals surface area contributed by atoms with E-state index in [4.69, 9.17) is 10.3 Å². The fourth-order valence-corrected chi connectivity index (χ4v) is 2.72. The number of nitrogens with zero attached hydrogens (tertiary/aromatic N) is 3. The first-order valence-electron chi connectivity index (χ1n) is 7.48. The van der Waals surface area contributed by atoms with Gasteiger partial charge in [0.05, 0.1) is 6.54 Å². The van der Waals surface area contributed by atoms with Crippen molar-refractivity contribution in [3.63, 3.8) is 0 Å². The minimum Gasteiger partial charge on any atom is -0.347 e. The molecule has 116 valence electrons. The highest BCUT2D eigenvalue weighted by atomic mass is 16.5. The van der Waals surface area contributed by atoms with Crippen LogP contribution in [0.5, 0.6) is 0 Å². The van der Waals surface area contributed by atoms with E-state index in [1.165, 1.54) is 0 Å². The highest BCUT2D eigenvalue weighted by Gasteiger charge is 2.25. The molecule has 0 aromatic carbocycles. The van der Waals surface area contributed by atoms with E-state index in [-0.39, 0.29) is 24.4 Å². The summed E-state index contributed by atoms with van der Waals surface area (Å²) in [6.07, 6.45) is 6.98. The molecule has 0 spiro atoms. The number of rotatable bonds is 4. The molecule has 2 atom stereocenters. The van der Waals surface area contributed by atoms with Crippen LogP contribution in [0, 0.1) is 5.92 Å². The first-order valence-corrected chi connectivity index (χ1v) is 7.48. The van der Waals surface area contributed by atoms with Crippen LogP contribution in [0.3, 0.4) is 0 Å². The third-order valence-electron chi connectivity index (χ3n) is 3.91. The lowest BCUT2D eigenvalue weighted by Gasteiger charge is -2.25. The topological polar surface area (TPSA) is 107 Å². The Morgan fingerprint density at radius 3 is 2.95 bits per heavy atom. The van der Waals surface area contributed by atoms with Crippen molar-refractivity contribution in [1.82, 2.24) is 20.4 Å². The van der Waals surface area contributed by atoms with Gasteiger partial charge < -0.3 is 15.6 Å². The van der Waals surface area contributed by atoms with Gasteiger partial charge in [-0.25, -0.2) is 0 Å². The van der Waals surface area contributed by atoms with Crippen LogP contribution in [0.4, 0.5) is 0 Å². The van der Waals surface area contributed by atoms with E-state index in [1.807, 2.05) is 0 Å². The van der Waals surface area contributed by atoms with Gasteiger partial charge in [-0.15, -0.1) is 0 Å². The van der Waals surface area contributed by atoms with Crippen molar-refractivity contribution in [3.05, 3.63) is 30.4 Å². The van der Waals surface area contributed by atoms with E-state index in [1.54, 1.807) is 24.5 Å². The summed E-state index contributed by atoms with van der Waals surface area (Å²) in [6.45, 7) is 0.239. The van der Waals surface area contributed by atoms with Crippen LogP contribution in [-0.4, -0.2) is 27.1 Å². The smallest absolute Gasteiger partial charge is 0.246 e. The number of carbonyl (C=O) groups excluding carboxylic acids is 1. The van der Waals surface area contributed by atoms with Crippen LogP contribution in [0.1, 0.15) is 31.6 Å². The first kappa shape index (κ1) is 14.6. The monoisotopic (exact) mass is 301 g/mol. The Balaban J connectivity index is 1.56. The molecule has 1 amide bonds. The molecule has 2 unspecified atom stereocenters. The predicted molar refractivity (Wildman–Crippen MR) is 79.3 cm³/mol. The van der Waals surface area contributed by atoms with Crippen LogP contribution in [-0.2, 0) is 11.3 Å². The summed E-state index contributed by atoms with van der Waals surface area (Å²) < 4.78 is 5.16. The number of amides is 1. The summed E-state index contributed by atoms with van der Waals surface area (Å²) in [5.41, 5.74) is 6.74. The van der Waals surface area contributed by atoms with Crippen molar-refractivity contribution in [2.24, 2.45) is 11.7 Å². The lowest BCUT2D eigenvalue weighted by Crippen LogP contribution is -2.37. The lowest BCUT2D eigenvalue weighted by atomic mass is 9.85. The number of carbonyl (C=O) groups is 1. The zero-order valence-corrected chi connectivity index (χ0v) is 12.2. The van der Waals surface area contributed by atoms with Crippen molar-refractivity contribution < 1.29 is 9.32 Å². The van der Waals surface area contributed by atoms with Gasteiger partial charge in [0.2, 0.25) is 17.6 Å². The van der Waals surface area contributed by atoms with Gasteiger partial charge >= 0.3 is 0 Å². The zero-order valence-electron chi connectivity index (χ0n) is 12.2. The molecule has 1 aliphatic rings. The Labute approximate surface area is 128 Å². The molecule has 1 aliphatic carbocycles. The molecule has 2 heterocycles. The predicted octanol–water partition coefficient (Wildman–Crippen LogP) is 1.27. The van der Waals surface area contributed by atoms with Crippen molar-refractivity contribution in [1.29, 1.82) is 0 Å². The number of nitrogens with two attached hydrogens (primary N) is 1. The molecule has 22 heavy (non-hydrogen) atoms. The molecule has 2 aromatic rings. The SMILES string of the molecule is NC1CCCC(C(=O)NCc2nc(-c3ccncc3)no2)C1. The molecule has 3 rings (SSSR count). The lowest BCUT2D eigenvalue weighted by molar-refractivity contribution is -0.126. The highest BCUT2D eigenvalue weighted by Crippen LogP contribution is 2.23. The second-order valence-electron chi connectivity index (χ2n) is 5.59. The number of hydrogen-bond donors (Lipinski definition) is 2. The Bertz CT molecular complexity index is 628. The maximum absolute atomic E-state index is 12.1. The zero-order chi connectivity index (χ0) is 15.4. The second-order valence-corrected chi connectivity index (χ2v) is 5.59. The normalized spacial score (nSPS) is 21.5. The quantitative estimate of drug-likeness (QED) is 0.880. The maximum Gasteiger partial charge on any atom is 0.246 e. The Hall–Kier alpha value is -2.28. The van der Waals surface area contributed by atoms with Gasteiger partial charge in [0, 0.05) is 29.9 Å². The summed E-state index contributed by atoms with van der Waals surface area (Å²) >= 11 is 0. The number of aromatic nitrogens is 3. The van der Waals surface area contributed by atoms with Crippen molar-refractivity contribution in [2.45, 2.75) is 38.3 Å². The second kappa shape index (κ2) is 6.65. The number of pyridine rings is 1. The average Bonchev–Trinajstić information content (AvgIpc) is 3.02. The molecule has 0 aliphatic heterocycles. The van der Waals surface area contributed by atoms with Gasteiger partial charge in [0.15, 0.2) is 0 Å². The van der Waals surface area contributed by atoms with E-state index in [9.17, 15) is 4.79 Å². The largest absolute Gasteiger partial charge is 0.347 e. The van der Waals surface area contributed by atoms with Crippen LogP contribution in [0.2, 0.25) is 0 Å². The minimum atomic E-state index is -0.00802. The molecule has 7 nitrogen and oxygen atoms in total. The molecular weight excluding hydrogens is 282 g/mol. The van der Waals surface area contributed by atoms with Crippen molar-refractivity contribution >= 4 is 5.91 Å². The third-order valence-corrected chi connectivity index (χ3v) is 3.91. The standard InChI is InChI=1S/C15H19N5O2/c16-12-3-1-2-11(8-12)15(21)18-9-13-19-14(20-22-13)10-4-6-17-7-5-10/h4-7,11-12H,1-3,8-9,16H2,(H,18,21). The summed E-state index contributed by atoms with van der Waals surface area (Å²) in [6, 6.07) is 3.74. The van der Waals surface area contributed by atoms with Crippen LogP contribution < -0.4 is 11.1 Å². The summed E-state index contributed by atoms with van der Waals surface area (Å²) in [5.74, 6) is 0.886. The van der Waals surface area contributed by atoms with Gasteiger partial charge in [-0.2, -0.15) is 4.98 Å². The van der Waals surface area contributed by atoms with Gasteiger partial charge in [-0.05, 0) is 31.4 Å². The minimum absolute atomic E-state index is 0.00802. The van der Waals surface area contributed by atoms with E-state index in [0.717, 1.165) is 31.2 Å². The number of nitrogens with one attached hydrogen (secondary N) is 1. The van der Waals surface area contributed by atoms with E-state index in [2.05, 4.69) is 20.4 Å². The highest BCUT2D eigenvalue weighted by molar-refractivity contribution is 5.78. The summed E-state index contributed by atoms with van der Waals surface area (Å²) in [5, 5.41) is 6.75. The van der Waals surface area contributed by atoms with E-state index >= 15 is 0 Å². The van der Waals surface area contributed by atoms with Crippen molar-refractivity contribution in [2.75, 3.05) is 0 Å². The van der Waals surface area contributed by atoms with E-state index < -0.39 is 0 Å². The summed E-state index contributed by atoms with van der Waals surface area (Å²) in [4.78, 5) is 20.3. The van der Waals surface area contributed by atoms with Crippen LogP contribution in [0.15, 0.2) is 29.0 Å².